The Morgan fingerprint density at radius 2 is 1.91 bits per heavy atom. The molecule has 3 aromatic rings. The van der Waals surface area contributed by atoms with Gasteiger partial charge in [0, 0.05) is 18.2 Å². The van der Waals surface area contributed by atoms with Gasteiger partial charge in [-0.15, -0.1) is 0 Å². The molecule has 33 heavy (non-hydrogen) atoms. The van der Waals surface area contributed by atoms with Gasteiger partial charge in [-0.25, -0.2) is 0 Å². The third-order valence-corrected chi connectivity index (χ3v) is 6.24. The fraction of sp³-hybridized carbons (Fsp3) is 0.130. The maximum atomic E-state index is 13.1. The summed E-state index contributed by atoms with van der Waals surface area (Å²) in [4.78, 5) is 25.9. The number of aryl methyl sites for hydroxylation is 1. The Bertz CT molecular complexity index is 1310. The summed E-state index contributed by atoms with van der Waals surface area (Å²) < 4.78 is 16.8. The van der Waals surface area contributed by atoms with Crippen LogP contribution in [0.15, 0.2) is 57.9 Å². The van der Waals surface area contributed by atoms with Gasteiger partial charge < -0.3 is 13.9 Å². The van der Waals surface area contributed by atoms with Crippen LogP contribution in [-0.2, 0) is 4.79 Å². The molecule has 2 aromatic carbocycles. The molecule has 0 atom stereocenters. The van der Waals surface area contributed by atoms with Crippen LogP contribution in [0.2, 0.25) is 0 Å². The Morgan fingerprint density at radius 1 is 1.12 bits per heavy atom. The van der Waals surface area contributed by atoms with Crippen LogP contribution < -0.4 is 14.4 Å². The highest BCUT2D eigenvalue weighted by Gasteiger charge is 2.35. The van der Waals surface area contributed by atoms with Crippen LogP contribution >= 0.6 is 24.0 Å². The monoisotopic (exact) mass is 482 g/mol. The van der Waals surface area contributed by atoms with Crippen molar-refractivity contribution in [3.8, 4) is 22.8 Å². The summed E-state index contributed by atoms with van der Waals surface area (Å²) in [6, 6.07) is 13.3. The number of thiocarbonyl (C=S) groups is 1. The number of thioether (sulfide) groups is 1. The third-order valence-electron chi connectivity index (χ3n) is 4.94. The van der Waals surface area contributed by atoms with Crippen molar-refractivity contribution in [2.24, 2.45) is 0 Å². The van der Waals surface area contributed by atoms with Crippen LogP contribution in [0.1, 0.15) is 11.3 Å². The Labute approximate surface area is 198 Å². The lowest BCUT2D eigenvalue weighted by Crippen LogP contribution is -2.27. The van der Waals surface area contributed by atoms with Crippen molar-refractivity contribution in [3.63, 3.8) is 0 Å². The molecule has 2 heterocycles. The van der Waals surface area contributed by atoms with Crippen molar-refractivity contribution in [2.45, 2.75) is 6.92 Å². The fourth-order valence-electron chi connectivity index (χ4n) is 3.35. The first-order valence-electron chi connectivity index (χ1n) is 9.67. The first-order valence-corrected chi connectivity index (χ1v) is 10.9. The quantitative estimate of drug-likeness (QED) is 0.194. The number of ether oxygens (including phenoxy) is 2. The topological polar surface area (TPSA) is 95.0 Å². The van der Waals surface area contributed by atoms with Gasteiger partial charge in [0.05, 0.1) is 35.3 Å². The molecule has 0 N–H and O–H groups in total. The molecule has 0 unspecified atom stereocenters. The van der Waals surface area contributed by atoms with Gasteiger partial charge in [-0.05, 0) is 42.8 Å². The van der Waals surface area contributed by atoms with E-state index in [1.54, 1.807) is 62.6 Å². The molecule has 168 valence electrons. The van der Waals surface area contributed by atoms with Crippen LogP contribution in [0.3, 0.4) is 0 Å². The molecule has 1 saturated heterocycles. The van der Waals surface area contributed by atoms with Gasteiger partial charge in [-0.1, -0.05) is 30.0 Å². The summed E-state index contributed by atoms with van der Waals surface area (Å²) in [7, 11) is 3.04. The van der Waals surface area contributed by atoms with E-state index in [9.17, 15) is 14.9 Å². The Kier molecular flexibility index (Phi) is 6.21. The van der Waals surface area contributed by atoms with Crippen molar-refractivity contribution in [1.82, 2.24) is 0 Å². The first-order chi connectivity index (χ1) is 15.8. The Hall–Kier alpha value is -3.63. The number of hydrogen-bond donors (Lipinski definition) is 0. The van der Waals surface area contributed by atoms with Crippen molar-refractivity contribution < 1.29 is 23.6 Å². The minimum atomic E-state index is -0.447. The van der Waals surface area contributed by atoms with Gasteiger partial charge in [0.15, 0.2) is 4.32 Å². The summed E-state index contributed by atoms with van der Waals surface area (Å²) in [5, 5.41) is 11.4. The van der Waals surface area contributed by atoms with Crippen molar-refractivity contribution in [1.29, 1.82) is 0 Å². The molecule has 1 amide bonds. The van der Waals surface area contributed by atoms with Crippen molar-refractivity contribution >= 4 is 51.7 Å². The highest BCUT2D eigenvalue weighted by atomic mass is 32.2. The molecule has 4 rings (SSSR count). The highest BCUT2D eigenvalue weighted by Crippen LogP contribution is 2.41. The van der Waals surface area contributed by atoms with E-state index in [4.69, 9.17) is 26.1 Å². The number of methoxy groups -OCH3 is 2. The molecule has 0 aliphatic carbocycles. The molecule has 8 nitrogen and oxygen atoms in total. The molecule has 0 spiro atoms. The molecule has 0 radical (unpaired) electrons. The molecule has 0 bridgehead atoms. The predicted molar refractivity (Wildman–Crippen MR) is 131 cm³/mol. The third kappa shape index (κ3) is 4.35. The number of carbonyl (C=O) groups is 1. The molecular weight excluding hydrogens is 464 g/mol. The number of benzene rings is 2. The lowest BCUT2D eigenvalue weighted by atomic mass is 10.1. The highest BCUT2D eigenvalue weighted by molar-refractivity contribution is 8.27. The normalized spacial score (nSPS) is 14.8. The predicted octanol–water partition coefficient (Wildman–Crippen LogP) is 5.59. The largest absolute Gasteiger partial charge is 0.497 e. The minimum absolute atomic E-state index is 0.0474. The maximum Gasteiger partial charge on any atom is 0.280 e. The number of nitrogens with zero attached hydrogens (tertiary/aromatic N) is 2. The average Bonchev–Trinajstić information content (AvgIpc) is 3.37. The van der Waals surface area contributed by atoms with Crippen LogP contribution in [0.4, 0.5) is 11.4 Å². The molecule has 10 heteroatoms. The number of hydrogen-bond acceptors (Lipinski definition) is 8. The lowest BCUT2D eigenvalue weighted by molar-refractivity contribution is -0.384. The number of nitro benzene ring substituents is 1. The smallest absolute Gasteiger partial charge is 0.280 e. The number of rotatable bonds is 6. The maximum absolute atomic E-state index is 13.1. The number of anilines is 1. The first kappa shape index (κ1) is 22.6. The molecule has 1 aromatic heterocycles. The summed E-state index contributed by atoms with van der Waals surface area (Å²) >= 11 is 6.57. The molecule has 1 fully saturated rings. The van der Waals surface area contributed by atoms with Gasteiger partial charge in [0.2, 0.25) is 0 Å². The molecule has 1 aliphatic rings. The van der Waals surface area contributed by atoms with E-state index >= 15 is 0 Å². The summed E-state index contributed by atoms with van der Waals surface area (Å²) in [6.45, 7) is 1.78. The zero-order chi connectivity index (χ0) is 23.7. The summed E-state index contributed by atoms with van der Waals surface area (Å²) in [6.07, 6.45) is 1.57. The van der Waals surface area contributed by atoms with Gasteiger partial charge in [0.25, 0.3) is 11.6 Å². The van der Waals surface area contributed by atoms with E-state index in [0.29, 0.717) is 43.5 Å². The van der Waals surface area contributed by atoms with E-state index in [0.717, 1.165) is 17.3 Å². The van der Waals surface area contributed by atoms with Crippen molar-refractivity contribution in [2.75, 3.05) is 19.1 Å². The van der Waals surface area contributed by atoms with Gasteiger partial charge in [-0.3, -0.25) is 19.8 Å². The second kappa shape index (κ2) is 9.08. The second-order valence-electron chi connectivity index (χ2n) is 7.03. The standard InChI is InChI=1S/C23H18N2O6S2/c1-13-4-7-16(18(10-13)25(27)28)19-9-6-15(31-19)12-21-22(26)24(23(32)33-21)17-8-5-14(29-2)11-20(17)30-3/h4-12H,1-3H3. The van der Waals surface area contributed by atoms with E-state index in [1.807, 2.05) is 0 Å². The number of furan rings is 1. The number of nitro groups is 1. The van der Waals surface area contributed by atoms with Crippen LogP contribution in [0, 0.1) is 17.0 Å². The lowest BCUT2D eigenvalue weighted by Gasteiger charge is -2.18. The summed E-state index contributed by atoms with van der Waals surface area (Å²) in [5.41, 5.74) is 1.59. The number of carbonyl (C=O) groups excluding carboxylic acids is 1. The van der Waals surface area contributed by atoms with Crippen LogP contribution in [0.25, 0.3) is 17.4 Å². The van der Waals surface area contributed by atoms with Crippen LogP contribution in [0.5, 0.6) is 11.5 Å². The number of amides is 1. The Balaban J connectivity index is 1.65. The second-order valence-corrected chi connectivity index (χ2v) is 8.71. The average molecular weight is 483 g/mol. The van der Waals surface area contributed by atoms with Gasteiger partial charge in [-0.2, -0.15) is 0 Å². The van der Waals surface area contributed by atoms with Gasteiger partial charge in [0.1, 0.15) is 23.0 Å². The zero-order valence-electron chi connectivity index (χ0n) is 17.9. The molecular formula is C23H18N2O6S2. The van der Waals surface area contributed by atoms with E-state index in [1.165, 1.54) is 18.1 Å². The zero-order valence-corrected chi connectivity index (χ0v) is 19.5. The van der Waals surface area contributed by atoms with Crippen molar-refractivity contribution in [3.05, 3.63) is 74.9 Å². The SMILES string of the molecule is COc1ccc(N2C(=O)C(=Cc3ccc(-c4ccc(C)cc4[N+](=O)[O-])o3)SC2=S)c(OC)c1. The fourth-order valence-corrected chi connectivity index (χ4v) is 4.62. The van der Waals surface area contributed by atoms with Crippen LogP contribution in [-0.4, -0.2) is 29.4 Å². The minimum Gasteiger partial charge on any atom is -0.497 e. The van der Waals surface area contributed by atoms with E-state index in [2.05, 4.69) is 0 Å². The van der Waals surface area contributed by atoms with Gasteiger partial charge >= 0.3 is 0 Å². The summed E-state index contributed by atoms with van der Waals surface area (Å²) in [5.74, 6) is 1.42. The molecule has 0 saturated carbocycles. The Morgan fingerprint density at radius 3 is 2.61 bits per heavy atom. The van der Waals surface area contributed by atoms with E-state index in [-0.39, 0.29) is 11.6 Å². The van der Waals surface area contributed by atoms with E-state index < -0.39 is 4.92 Å². The molecule has 1 aliphatic heterocycles.